The van der Waals surface area contributed by atoms with E-state index >= 15 is 0 Å². The summed E-state index contributed by atoms with van der Waals surface area (Å²) in [5.41, 5.74) is 0. The number of hydrogen-bond donors (Lipinski definition) is 0. The molecule has 4 nitrogen and oxygen atoms in total. The van der Waals surface area contributed by atoms with Crippen LogP contribution >= 0.6 is 0 Å². The molecule has 0 aliphatic rings. The van der Waals surface area contributed by atoms with Gasteiger partial charge in [0.15, 0.2) is 11.5 Å². The van der Waals surface area contributed by atoms with Crippen LogP contribution in [-0.2, 0) is 14.2 Å². The molecule has 0 spiro atoms. The fourth-order valence-electron chi connectivity index (χ4n) is 0.741. The standard InChI is InChI=1S/C6H13NO3Si/c1-8-5(9-2)6(11,4-7)10-3/h5H,1-3,11H3. The van der Waals surface area contributed by atoms with Crippen molar-refractivity contribution in [3.8, 4) is 6.07 Å². The van der Waals surface area contributed by atoms with E-state index in [2.05, 4.69) is 0 Å². The lowest BCUT2D eigenvalue weighted by atomic mass is 10.3. The van der Waals surface area contributed by atoms with Crippen LogP contribution in [0.25, 0.3) is 0 Å². The maximum Gasteiger partial charge on any atom is 0.195 e. The average Bonchev–Trinajstić information content (AvgIpc) is 2.06. The van der Waals surface area contributed by atoms with Crippen LogP contribution in [0.3, 0.4) is 0 Å². The summed E-state index contributed by atoms with van der Waals surface area (Å²) in [5, 5.41) is 7.82. The lowest BCUT2D eigenvalue weighted by Gasteiger charge is -2.27. The number of nitriles is 1. The van der Waals surface area contributed by atoms with E-state index in [4.69, 9.17) is 19.5 Å². The first-order valence-corrected chi connectivity index (χ1v) is 4.16. The number of hydrogen-bond acceptors (Lipinski definition) is 4. The fraction of sp³-hybridized carbons (Fsp3) is 0.833. The predicted octanol–water partition coefficient (Wildman–Crippen LogP) is -1.16. The molecular weight excluding hydrogens is 162 g/mol. The third kappa shape index (κ3) is 2.27. The first-order chi connectivity index (χ1) is 5.14. The van der Waals surface area contributed by atoms with Crippen LogP contribution in [0.5, 0.6) is 0 Å². The molecule has 0 aliphatic carbocycles. The Morgan fingerprint density at radius 1 is 1.36 bits per heavy atom. The quantitative estimate of drug-likeness (QED) is 0.399. The van der Waals surface area contributed by atoms with Gasteiger partial charge in [0.25, 0.3) is 0 Å². The molecule has 64 valence electrons. The molecule has 0 aromatic rings. The Bertz CT molecular complexity index is 154. The minimum atomic E-state index is -0.899. The zero-order chi connectivity index (χ0) is 8.91. The van der Waals surface area contributed by atoms with E-state index in [1.54, 1.807) is 0 Å². The Morgan fingerprint density at radius 2 is 1.82 bits per heavy atom. The van der Waals surface area contributed by atoms with Crippen molar-refractivity contribution < 1.29 is 14.2 Å². The second-order valence-corrected chi connectivity index (χ2v) is 3.71. The van der Waals surface area contributed by atoms with Crippen LogP contribution in [0.2, 0.25) is 0 Å². The molecule has 0 N–H and O–H groups in total. The maximum atomic E-state index is 8.72. The van der Waals surface area contributed by atoms with Crippen molar-refractivity contribution in [3.05, 3.63) is 0 Å². The van der Waals surface area contributed by atoms with Gasteiger partial charge in [-0.25, -0.2) is 0 Å². The minimum Gasteiger partial charge on any atom is -0.363 e. The average molecular weight is 175 g/mol. The van der Waals surface area contributed by atoms with Crippen molar-refractivity contribution >= 4 is 10.2 Å². The SMILES string of the molecule is COC(OC)C([SiH3])(C#N)OC. The highest BCUT2D eigenvalue weighted by atomic mass is 28.1. The van der Waals surface area contributed by atoms with E-state index in [-0.39, 0.29) is 0 Å². The number of methoxy groups -OCH3 is 3. The van der Waals surface area contributed by atoms with E-state index in [1.165, 1.54) is 21.3 Å². The third-order valence-corrected chi connectivity index (χ3v) is 2.63. The number of ether oxygens (including phenoxy) is 3. The zero-order valence-corrected chi connectivity index (χ0v) is 9.25. The summed E-state index contributed by atoms with van der Waals surface area (Å²) in [4.78, 5) is 0. The molecule has 0 aromatic heterocycles. The van der Waals surface area contributed by atoms with Gasteiger partial charge in [0.05, 0.1) is 16.3 Å². The minimum absolute atomic E-state index is 0.539. The summed E-state index contributed by atoms with van der Waals surface area (Å²) in [6.45, 7) is 0. The summed E-state index contributed by atoms with van der Waals surface area (Å²) < 4.78 is 14.8. The summed E-state index contributed by atoms with van der Waals surface area (Å²) in [5.74, 6) is 0. The highest BCUT2D eigenvalue weighted by Crippen LogP contribution is 2.12. The van der Waals surface area contributed by atoms with Gasteiger partial charge in [-0.05, 0) is 0 Å². The smallest absolute Gasteiger partial charge is 0.195 e. The van der Waals surface area contributed by atoms with Crippen molar-refractivity contribution in [1.29, 1.82) is 5.26 Å². The third-order valence-electron chi connectivity index (χ3n) is 1.52. The van der Waals surface area contributed by atoms with E-state index < -0.39 is 11.5 Å². The van der Waals surface area contributed by atoms with Crippen molar-refractivity contribution in [2.24, 2.45) is 0 Å². The van der Waals surface area contributed by atoms with Crippen LogP contribution in [0.1, 0.15) is 0 Å². The second-order valence-electron chi connectivity index (χ2n) is 2.23. The monoisotopic (exact) mass is 175 g/mol. The molecular formula is C6H13NO3Si. The van der Waals surface area contributed by atoms with Crippen LogP contribution in [-0.4, -0.2) is 43.1 Å². The van der Waals surface area contributed by atoms with Crippen LogP contribution < -0.4 is 0 Å². The van der Waals surface area contributed by atoms with Gasteiger partial charge in [0, 0.05) is 21.3 Å². The zero-order valence-electron chi connectivity index (χ0n) is 7.25. The molecule has 0 rings (SSSR count). The van der Waals surface area contributed by atoms with Gasteiger partial charge in [-0.15, -0.1) is 0 Å². The molecule has 1 unspecified atom stereocenters. The van der Waals surface area contributed by atoms with Crippen LogP contribution in [0, 0.1) is 11.3 Å². The lowest BCUT2D eigenvalue weighted by Crippen LogP contribution is -2.45. The van der Waals surface area contributed by atoms with Gasteiger partial charge in [0.1, 0.15) is 0 Å². The molecule has 0 saturated carbocycles. The molecule has 0 amide bonds. The molecule has 0 aliphatic heterocycles. The lowest BCUT2D eigenvalue weighted by molar-refractivity contribution is -0.172. The summed E-state index contributed by atoms with van der Waals surface area (Å²) >= 11 is 0. The van der Waals surface area contributed by atoms with Crippen molar-refractivity contribution in [3.63, 3.8) is 0 Å². The van der Waals surface area contributed by atoms with Gasteiger partial charge in [-0.1, -0.05) is 0 Å². The Balaban J connectivity index is 4.35. The molecule has 0 radical (unpaired) electrons. The largest absolute Gasteiger partial charge is 0.363 e. The highest BCUT2D eigenvalue weighted by molar-refractivity contribution is 6.17. The van der Waals surface area contributed by atoms with E-state index in [0.29, 0.717) is 10.2 Å². The molecule has 0 aromatic carbocycles. The van der Waals surface area contributed by atoms with Gasteiger partial charge in [-0.3, -0.25) is 0 Å². The van der Waals surface area contributed by atoms with Gasteiger partial charge in [-0.2, -0.15) is 5.26 Å². The fourth-order valence-corrected chi connectivity index (χ4v) is 1.21. The van der Waals surface area contributed by atoms with Crippen molar-refractivity contribution in [2.45, 2.75) is 11.5 Å². The molecule has 0 saturated heterocycles. The topological polar surface area (TPSA) is 51.5 Å². The predicted molar refractivity (Wildman–Crippen MR) is 43.1 cm³/mol. The van der Waals surface area contributed by atoms with Gasteiger partial charge >= 0.3 is 0 Å². The molecule has 0 heterocycles. The molecule has 11 heavy (non-hydrogen) atoms. The Labute approximate surface area is 69.5 Å². The van der Waals surface area contributed by atoms with E-state index in [9.17, 15) is 0 Å². The number of nitrogens with zero attached hydrogens (tertiary/aromatic N) is 1. The van der Waals surface area contributed by atoms with Gasteiger partial charge < -0.3 is 14.2 Å². The Morgan fingerprint density at radius 3 is 1.91 bits per heavy atom. The Hall–Kier alpha value is -0.413. The summed E-state index contributed by atoms with van der Waals surface area (Å²) in [6, 6.07) is 2.02. The first-order valence-electron chi connectivity index (χ1n) is 3.16. The molecule has 0 bridgehead atoms. The Kier molecular flexibility index (Phi) is 4.29. The maximum absolute atomic E-state index is 8.72. The van der Waals surface area contributed by atoms with E-state index in [1.807, 2.05) is 6.07 Å². The van der Waals surface area contributed by atoms with Crippen LogP contribution in [0.15, 0.2) is 0 Å². The normalized spacial score (nSPS) is 16.3. The molecule has 1 atom stereocenters. The summed E-state index contributed by atoms with van der Waals surface area (Å²) in [7, 11) is 4.98. The van der Waals surface area contributed by atoms with Crippen molar-refractivity contribution in [2.75, 3.05) is 21.3 Å². The van der Waals surface area contributed by atoms with Gasteiger partial charge in [0.2, 0.25) is 0 Å². The summed E-state index contributed by atoms with van der Waals surface area (Å²) in [6.07, 6.45) is -0.593. The molecule has 5 heteroatoms. The van der Waals surface area contributed by atoms with E-state index in [0.717, 1.165) is 0 Å². The van der Waals surface area contributed by atoms with Crippen molar-refractivity contribution in [1.82, 2.24) is 0 Å². The number of rotatable bonds is 4. The first kappa shape index (κ1) is 10.6. The van der Waals surface area contributed by atoms with Crippen LogP contribution in [0.4, 0.5) is 0 Å². The second kappa shape index (κ2) is 4.46. The highest BCUT2D eigenvalue weighted by Gasteiger charge is 2.34. The molecule has 0 fully saturated rings.